The molecule has 0 aliphatic carbocycles. The molecule has 0 amide bonds. The topological polar surface area (TPSA) is 89.8 Å². The second-order valence-electron chi connectivity index (χ2n) is 3.16. The fourth-order valence-corrected chi connectivity index (χ4v) is 2.68. The van der Waals surface area contributed by atoms with Crippen molar-refractivity contribution in [3.8, 4) is 10.7 Å². The Kier molecular flexibility index (Phi) is 2.64. The summed E-state index contributed by atoms with van der Waals surface area (Å²) in [5.74, 6) is 0.529. The monoisotopic (exact) mass is 259 g/mol. The SMILES string of the molecule is Cn1nnnc1-c1sccc1NS(C)(=O)=O. The van der Waals surface area contributed by atoms with E-state index in [1.165, 1.54) is 16.0 Å². The van der Waals surface area contributed by atoms with Gasteiger partial charge in [-0.1, -0.05) is 0 Å². The number of nitrogens with one attached hydrogen (secondary N) is 1. The second kappa shape index (κ2) is 3.83. The van der Waals surface area contributed by atoms with Crippen LogP contribution in [0.2, 0.25) is 0 Å². The van der Waals surface area contributed by atoms with E-state index in [1.807, 2.05) is 0 Å². The van der Waals surface area contributed by atoms with Gasteiger partial charge in [-0.2, -0.15) is 0 Å². The van der Waals surface area contributed by atoms with Crippen molar-refractivity contribution in [2.24, 2.45) is 7.05 Å². The van der Waals surface area contributed by atoms with Crippen LogP contribution < -0.4 is 4.72 Å². The van der Waals surface area contributed by atoms with Gasteiger partial charge in [-0.05, 0) is 21.9 Å². The molecule has 0 aliphatic heterocycles. The molecule has 86 valence electrons. The zero-order valence-electron chi connectivity index (χ0n) is 8.58. The van der Waals surface area contributed by atoms with Crippen LogP contribution in [0.25, 0.3) is 10.7 Å². The third-order valence-electron chi connectivity index (χ3n) is 1.78. The van der Waals surface area contributed by atoms with Crippen molar-refractivity contribution in [2.45, 2.75) is 0 Å². The second-order valence-corrected chi connectivity index (χ2v) is 5.83. The van der Waals surface area contributed by atoms with E-state index in [9.17, 15) is 8.42 Å². The third-order valence-corrected chi connectivity index (χ3v) is 3.28. The average Bonchev–Trinajstić information content (AvgIpc) is 2.71. The summed E-state index contributed by atoms with van der Waals surface area (Å²) in [4.78, 5) is 0.693. The van der Waals surface area contributed by atoms with Crippen molar-refractivity contribution in [3.05, 3.63) is 11.4 Å². The molecular weight excluding hydrogens is 250 g/mol. The Morgan fingerprint density at radius 1 is 1.50 bits per heavy atom. The first-order valence-electron chi connectivity index (χ1n) is 4.25. The van der Waals surface area contributed by atoms with Crippen LogP contribution in [-0.2, 0) is 17.1 Å². The highest BCUT2D eigenvalue weighted by Crippen LogP contribution is 2.31. The van der Waals surface area contributed by atoms with Crippen molar-refractivity contribution in [2.75, 3.05) is 11.0 Å². The van der Waals surface area contributed by atoms with Gasteiger partial charge < -0.3 is 0 Å². The first kappa shape index (κ1) is 11.0. The van der Waals surface area contributed by atoms with Gasteiger partial charge in [0.05, 0.1) is 16.8 Å². The summed E-state index contributed by atoms with van der Waals surface area (Å²) < 4.78 is 26.2. The van der Waals surface area contributed by atoms with Crippen LogP contribution in [0.5, 0.6) is 0 Å². The quantitative estimate of drug-likeness (QED) is 0.856. The molecule has 0 atom stereocenters. The van der Waals surface area contributed by atoms with Gasteiger partial charge in [0.1, 0.15) is 0 Å². The zero-order valence-corrected chi connectivity index (χ0v) is 10.2. The summed E-state index contributed by atoms with van der Waals surface area (Å²) in [6, 6.07) is 1.68. The van der Waals surface area contributed by atoms with Crippen LogP contribution in [0.15, 0.2) is 11.4 Å². The van der Waals surface area contributed by atoms with Crippen molar-refractivity contribution in [3.63, 3.8) is 0 Å². The summed E-state index contributed by atoms with van der Waals surface area (Å²) in [6.45, 7) is 0. The van der Waals surface area contributed by atoms with Crippen molar-refractivity contribution < 1.29 is 8.42 Å². The molecule has 2 heterocycles. The van der Waals surface area contributed by atoms with Gasteiger partial charge in [0, 0.05) is 7.05 Å². The fraction of sp³-hybridized carbons (Fsp3) is 0.286. The number of nitrogens with zero attached hydrogens (tertiary/aromatic N) is 4. The molecule has 0 bridgehead atoms. The number of tetrazole rings is 1. The maximum Gasteiger partial charge on any atom is 0.229 e. The van der Waals surface area contributed by atoms with Crippen molar-refractivity contribution in [1.29, 1.82) is 0 Å². The molecule has 0 aliphatic rings. The number of thiophene rings is 1. The number of anilines is 1. The molecular formula is C7H9N5O2S2. The Hall–Kier alpha value is -1.48. The number of sulfonamides is 1. The average molecular weight is 259 g/mol. The normalized spacial score (nSPS) is 11.6. The molecule has 0 aromatic carbocycles. The molecule has 16 heavy (non-hydrogen) atoms. The summed E-state index contributed by atoms with van der Waals surface area (Å²) in [5, 5.41) is 12.8. The van der Waals surface area contributed by atoms with Gasteiger partial charge in [-0.25, -0.2) is 13.1 Å². The molecule has 1 N–H and O–H groups in total. The largest absolute Gasteiger partial charge is 0.282 e. The van der Waals surface area contributed by atoms with Crippen LogP contribution in [0.4, 0.5) is 5.69 Å². The lowest BCUT2D eigenvalue weighted by atomic mass is 10.4. The maximum atomic E-state index is 11.1. The number of aryl methyl sites for hydroxylation is 1. The molecule has 2 aromatic heterocycles. The minimum atomic E-state index is -3.29. The highest BCUT2D eigenvalue weighted by molar-refractivity contribution is 7.92. The number of hydrogen-bond donors (Lipinski definition) is 1. The van der Waals surface area contributed by atoms with Gasteiger partial charge in [0.15, 0.2) is 5.82 Å². The molecule has 0 radical (unpaired) electrons. The van der Waals surface area contributed by atoms with E-state index >= 15 is 0 Å². The smallest absolute Gasteiger partial charge is 0.229 e. The minimum Gasteiger partial charge on any atom is -0.282 e. The Bertz CT molecular complexity index is 600. The highest BCUT2D eigenvalue weighted by Gasteiger charge is 2.15. The molecule has 0 spiro atoms. The van der Waals surface area contributed by atoms with E-state index in [-0.39, 0.29) is 0 Å². The standard InChI is InChI=1S/C7H9N5O2S2/c1-12-7(8-10-11-12)6-5(3-4-15-6)9-16(2,13)14/h3-4,9H,1-2H3. The Morgan fingerprint density at radius 2 is 2.25 bits per heavy atom. The molecule has 0 saturated carbocycles. The van der Waals surface area contributed by atoms with E-state index in [4.69, 9.17) is 0 Å². The summed E-state index contributed by atoms with van der Waals surface area (Å²) in [5.41, 5.74) is 0.491. The molecule has 2 aromatic rings. The minimum absolute atomic E-state index is 0.491. The Balaban J connectivity index is 2.45. The number of hydrogen-bond acceptors (Lipinski definition) is 6. The van der Waals surface area contributed by atoms with Gasteiger partial charge in [-0.15, -0.1) is 16.4 Å². The van der Waals surface area contributed by atoms with Crippen LogP contribution >= 0.6 is 11.3 Å². The van der Waals surface area contributed by atoms with Crippen LogP contribution in [-0.4, -0.2) is 34.9 Å². The number of aromatic nitrogens is 4. The molecule has 0 unspecified atom stereocenters. The lowest BCUT2D eigenvalue weighted by Gasteiger charge is -2.03. The predicted molar refractivity (Wildman–Crippen MR) is 60.6 cm³/mol. The first-order valence-corrected chi connectivity index (χ1v) is 7.02. The van der Waals surface area contributed by atoms with E-state index in [2.05, 4.69) is 20.2 Å². The first-order chi connectivity index (χ1) is 7.47. The summed E-state index contributed by atoms with van der Waals surface area (Å²) in [6.07, 6.45) is 1.10. The Labute approximate surface area is 96.2 Å². The van der Waals surface area contributed by atoms with E-state index in [1.54, 1.807) is 18.5 Å². The molecule has 9 heteroatoms. The van der Waals surface area contributed by atoms with Crippen LogP contribution in [0.1, 0.15) is 0 Å². The predicted octanol–water partition coefficient (Wildman–Crippen LogP) is 0.310. The van der Waals surface area contributed by atoms with E-state index in [0.717, 1.165) is 6.26 Å². The molecule has 2 rings (SSSR count). The molecule has 0 saturated heterocycles. The zero-order chi connectivity index (χ0) is 11.8. The Morgan fingerprint density at radius 3 is 2.81 bits per heavy atom. The highest BCUT2D eigenvalue weighted by atomic mass is 32.2. The summed E-state index contributed by atoms with van der Waals surface area (Å²) in [7, 11) is -1.60. The lowest BCUT2D eigenvalue weighted by Crippen LogP contribution is -2.09. The molecule has 0 fully saturated rings. The maximum absolute atomic E-state index is 11.1. The van der Waals surface area contributed by atoms with Gasteiger partial charge in [-0.3, -0.25) is 4.72 Å². The van der Waals surface area contributed by atoms with Crippen LogP contribution in [0.3, 0.4) is 0 Å². The fourth-order valence-electron chi connectivity index (χ4n) is 1.18. The van der Waals surface area contributed by atoms with Gasteiger partial charge >= 0.3 is 0 Å². The third kappa shape index (κ3) is 2.19. The van der Waals surface area contributed by atoms with Crippen molar-refractivity contribution >= 4 is 27.0 Å². The van der Waals surface area contributed by atoms with E-state index < -0.39 is 10.0 Å². The summed E-state index contributed by atoms with van der Waals surface area (Å²) >= 11 is 1.37. The van der Waals surface area contributed by atoms with Gasteiger partial charge in [0.25, 0.3) is 0 Å². The van der Waals surface area contributed by atoms with Crippen LogP contribution in [0, 0.1) is 0 Å². The van der Waals surface area contributed by atoms with Crippen molar-refractivity contribution in [1.82, 2.24) is 20.2 Å². The number of rotatable bonds is 3. The van der Waals surface area contributed by atoms with E-state index in [0.29, 0.717) is 16.4 Å². The lowest BCUT2D eigenvalue weighted by molar-refractivity contribution is 0.607. The molecule has 7 nitrogen and oxygen atoms in total. The van der Waals surface area contributed by atoms with Gasteiger partial charge in [0.2, 0.25) is 10.0 Å².